The molecule has 1 heterocycles. The molecule has 1 heteroatoms. The molecule has 0 saturated carbocycles. The summed E-state index contributed by atoms with van der Waals surface area (Å²) in [7, 11) is 1.63. The maximum atomic E-state index is 8.70. The molecular weight excluding hydrogens is 266 g/mol. The number of hydrogen-bond donors (Lipinski definition) is 0. The number of aryl methyl sites for hydroxylation is 3. The molecule has 0 atom stereocenters. The molecule has 0 aliphatic rings. The summed E-state index contributed by atoms with van der Waals surface area (Å²) in [6, 6.07) is 6.51. The van der Waals surface area contributed by atoms with E-state index in [9.17, 15) is 0 Å². The highest BCUT2D eigenvalue weighted by Crippen LogP contribution is 2.33. The van der Waals surface area contributed by atoms with Gasteiger partial charge in [-0.1, -0.05) is 52.2 Å². The van der Waals surface area contributed by atoms with E-state index in [4.69, 9.17) is 13.7 Å². The maximum absolute atomic E-state index is 8.70. The van der Waals surface area contributed by atoms with Crippen LogP contribution in [0.4, 0.5) is 0 Å². The lowest BCUT2D eigenvalue weighted by Gasteiger charge is -2.24. The Labute approximate surface area is 150 Å². The number of aromatic nitrogens is 1. The van der Waals surface area contributed by atoms with Gasteiger partial charge in [0.1, 0.15) is 7.05 Å². The van der Waals surface area contributed by atoms with Crippen molar-refractivity contribution in [3.05, 3.63) is 52.7 Å². The summed E-state index contributed by atoms with van der Waals surface area (Å²) in [4.78, 5) is 0. The highest BCUT2D eigenvalue weighted by molar-refractivity contribution is 5.63. The van der Waals surface area contributed by atoms with Gasteiger partial charge in [0.25, 0.3) is 0 Å². The van der Waals surface area contributed by atoms with Gasteiger partial charge in [0.05, 0.1) is 0 Å². The van der Waals surface area contributed by atoms with Gasteiger partial charge in [-0.3, -0.25) is 0 Å². The van der Waals surface area contributed by atoms with Crippen LogP contribution in [0.15, 0.2) is 30.5 Å². The Hall–Kier alpha value is -1.63. The lowest BCUT2D eigenvalue weighted by molar-refractivity contribution is -0.661. The number of benzene rings is 1. The summed E-state index contributed by atoms with van der Waals surface area (Å²) >= 11 is 0. The molecule has 22 heavy (non-hydrogen) atoms. The number of nitrogens with zero attached hydrogens (tertiary/aromatic N) is 1. The normalized spacial score (nSPS) is 21.0. The van der Waals surface area contributed by atoms with Crippen molar-refractivity contribution in [3.8, 4) is 11.3 Å². The minimum Gasteiger partial charge on any atom is -0.201 e. The van der Waals surface area contributed by atoms with Crippen molar-refractivity contribution in [1.82, 2.24) is 0 Å². The van der Waals surface area contributed by atoms with Crippen LogP contribution in [0.25, 0.3) is 11.3 Å². The second-order valence-corrected chi connectivity index (χ2v) is 6.75. The minimum atomic E-state index is -3.11. The van der Waals surface area contributed by atoms with Gasteiger partial charge in [-0.05, 0) is 42.3 Å². The third kappa shape index (κ3) is 3.24. The SMILES string of the molecule is [2H]C([2H])([2H])c1ccc(C)c(-c2cc(C(C)(C)C)c(C([2H])(C([2H])([2H])[2H])C([2H])([2H])[2H])c[n+]2C)c1. The Bertz CT molecular complexity index is 993. The fourth-order valence-corrected chi connectivity index (χ4v) is 2.63. The first-order valence-corrected chi connectivity index (χ1v) is 7.28. The number of pyridine rings is 1. The van der Waals surface area contributed by atoms with Crippen molar-refractivity contribution in [2.45, 2.75) is 59.6 Å². The summed E-state index contributed by atoms with van der Waals surface area (Å²) in [5.74, 6) is -2.84. The quantitative estimate of drug-likeness (QED) is 0.670. The topological polar surface area (TPSA) is 3.88 Å². The lowest BCUT2D eigenvalue weighted by atomic mass is 9.80. The van der Waals surface area contributed by atoms with Crippen molar-refractivity contribution in [3.63, 3.8) is 0 Å². The molecule has 0 aliphatic heterocycles. The van der Waals surface area contributed by atoms with Crippen LogP contribution in [0.5, 0.6) is 0 Å². The Kier molecular flexibility index (Phi) is 2.07. The first kappa shape index (κ1) is 7.77. The van der Waals surface area contributed by atoms with Crippen molar-refractivity contribution < 1.29 is 18.3 Å². The molecule has 0 spiro atoms. The molecule has 118 valence electrons. The van der Waals surface area contributed by atoms with Gasteiger partial charge in [0, 0.05) is 30.9 Å². The van der Waals surface area contributed by atoms with Crippen LogP contribution in [0.2, 0.25) is 0 Å². The van der Waals surface area contributed by atoms with E-state index in [2.05, 4.69) is 0 Å². The maximum Gasteiger partial charge on any atom is 0.212 e. The lowest BCUT2D eigenvalue weighted by Crippen LogP contribution is -2.34. The summed E-state index contributed by atoms with van der Waals surface area (Å²) in [6.07, 6.45) is 1.39. The highest BCUT2D eigenvalue weighted by Gasteiger charge is 2.25. The average Bonchev–Trinajstić information content (AvgIpc) is 2.57. The van der Waals surface area contributed by atoms with Gasteiger partial charge < -0.3 is 0 Å². The van der Waals surface area contributed by atoms with E-state index in [0.717, 1.165) is 5.56 Å². The third-order valence-electron chi connectivity index (χ3n) is 3.86. The monoisotopic (exact) mass is 306 g/mol. The smallest absolute Gasteiger partial charge is 0.201 e. The van der Waals surface area contributed by atoms with Crippen molar-refractivity contribution in [2.75, 3.05) is 0 Å². The van der Waals surface area contributed by atoms with Crippen LogP contribution in [0, 0.1) is 13.8 Å². The van der Waals surface area contributed by atoms with E-state index in [0.29, 0.717) is 16.8 Å². The van der Waals surface area contributed by atoms with Crippen molar-refractivity contribution in [1.29, 1.82) is 0 Å². The minimum absolute atomic E-state index is 0.0964. The van der Waals surface area contributed by atoms with E-state index in [1.807, 2.05) is 27.7 Å². The molecule has 2 rings (SSSR count). The number of rotatable bonds is 2. The predicted octanol–water partition coefficient (Wildman–Crippen LogP) is 5.22. The number of hydrogen-bond acceptors (Lipinski definition) is 0. The Morgan fingerprint density at radius 3 is 2.50 bits per heavy atom. The molecule has 0 bridgehead atoms. The van der Waals surface area contributed by atoms with Gasteiger partial charge >= 0.3 is 0 Å². The fraction of sp³-hybridized carbons (Fsp3) is 0.476. The van der Waals surface area contributed by atoms with E-state index < -0.39 is 31.9 Å². The van der Waals surface area contributed by atoms with E-state index >= 15 is 0 Å². The van der Waals surface area contributed by atoms with Crippen LogP contribution in [-0.4, -0.2) is 0 Å². The second kappa shape index (κ2) is 5.87. The Balaban J connectivity index is 2.97. The van der Waals surface area contributed by atoms with Crippen molar-refractivity contribution in [2.24, 2.45) is 7.05 Å². The summed E-state index contributed by atoms with van der Waals surface area (Å²) in [5.41, 5.74) is 1.84. The predicted molar refractivity (Wildman–Crippen MR) is 95.3 cm³/mol. The van der Waals surface area contributed by atoms with E-state index in [1.165, 1.54) is 6.20 Å². The standard InChI is InChI=1S/C21H30N/c1-14(2)18-13-22(8)20(12-19(18)21(5,6)7)17-11-15(3)9-10-16(17)4/h9-14H,1-8H3/q+1/i1D3,2D3,3D3,14D. The zero-order chi connectivity index (χ0) is 25.1. The first-order chi connectivity index (χ1) is 14.1. The van der Waals surface area contributed by atoms with E-state index in [-0.39, 0.29) is 11.1 Å². The molecule has 0 unspecified atom stereocenters. The zero-order valence-electron chi connectivity index (χ0n) is 23.8. The van der Waals surface area contributed by atoms with E-state index in [1.54, 1.807) is 35.9 Å². The molecule has 2 aromatic rings. The van der Waals surface area contributed by atoms with Crippen LogP contribution in [0.3, 0.4) is 0 Å². The third-order valence-corrected chi connectivity index (χ3v) is 3.86. The van der Waals surface area contributed by atoms with Gasteiger partial charge in [-0.2, -0.15) is 0 Å². The molecule has 1 aromatic carbocycles. The molecule has 0 fully saturated rings. The zero-order valence-corrected chi connectivity index (χ0v) is 13.8. The Morgan fingerprint density at radius 2 is 1.91 bits per heavy atom. The van der Waals surface area contributed by atoms with Crippen LogP contribution in [0.1, 0.15) is 76.3 Å². The van der Waals surface area contributed by atoms with Gasteiger partial charge in [-0.15, -0.1) is 0 Å². The van der Waals surface area contributed by atoms with Gasteiger partial charge in [0.2, 0.25) is 5.69 Å². The van der Waals surface area contributed by atoms with Crippen LogP contribution >= 0.6 is 0 Å². The van der Waals surface area contributed by atoms with Crippen LogP contribution in [-0.2, 0) is 12.5 Å². The van der Waals surface area contributed by atoms with Gasteiger partial charge in [-0.25, -0.2) is 4.57 Å². The Morgan fingerprint density at radius 1 is 1.18 bits per heavy atom. The van der Waals surface area contributed by atoms with Crippen molar-refractivity contribution >= 4 is 0 Å². The molecule has 0 radical (unpaired) electrons. The molecule has 1 aromatic heterocycles. The summed E-state index contributed by atoms with van der Waals surface area (Å²) in [6.45, 7) is -1.22. The average molecular weight is 307 g/mol. The largest absolute Gasteiger partial charge is 0.212 e. The molecule has 1 nitrogen and oxygen atoms in total. The molecule has 0 amide bonds. The second-order valence-electron chi connectivity index (χ2n) is 6.75. The van der Waals surface area contributed by atoms with Gasteiger partial charge in [0.15, 0.2) is 6.20 Å². The van der Waals surface area contributed by atoms with Crippen LogP contribution < -0.4 is 4.57 Å². The summed E-state index contributed by atoms with van der Waals surface area (Å²) in [5, 5.41) is 0. The first-order valence-electron chi connectivity index (χ1n) is 12.3. The molecule has 0 saturated heterocycles. The summed E-state index contributed by atoms with van der Waals surface area (Å²) < 4.78 is 80.9. The molecular formula is C21H30N+. The molecule has 0 N–H and O–H groups in total. The molecule has 0 aliphatic carbocycles. The fourth-order valence-electron chi connectivity index (χ4n) is 2.63. The highest BCUT2D eigenvalue weighted by atomic mass is 14.9.